The smallest absolute Gasteiger partial charge is 0.241 e. The highest BCUT2D eigenvalue weighted by Gasteiger charge is 2.21. The monoisotopic (exact) mass is 387 g/mol. The summed E-state index contributed by atoms with van der Waals surface area (Å²) in [4.78, 5) is 25.6. The van der Waals surface area contributed by atoms with E-state index in [2.05, 4.69) is 10.0 Å². The van der Waals surface area contributed by atoms with Crippen LogP contribution in [-0.4, -0.2) is 33.3 Å². The predicted molar refractivity (Wildman–Crippen MR) is 103 cm³/mol. The predicted octanol–water partition coefficient (Wildman–Crippen LogP) is 2.12. The summed E-state index contributed by atoms with van der Waals surface area (Å²) in [5.74, 6) is -0.409. The van der Waals surface area contributed by atoms with E-state index in [4.69, 9.17) is 0 Å². The molecule has 7 nitrogen and oxygen atoms in total. The maximum Gasteiger partial charge on any atom is 0.241 e. The van der Waals surface area contributed by atoms with Crippen molar-refractivity contribution in [3.05, 3.63) is 54.6 Å². The highest BCUT2D eigenvalue weighted by molar-refractivity contribution is 7.89. The molecular weight excluding hydrogens is 366 g/mol. The molecule has 0 bridgehead atoms. The van der Waals surface area contributed by atoms with Gasteiger partial charge in [0.1, 0.15) is 0 Å². The number of amides is 2. The lowest BCUT2D eigenvalue weighted by molar-refractivity contribution is -0.119. The summed E-state index contributed by atoms with van der Waals surface area (Å²) in [7, 11) is -3.82. The van der Waals surface area contributed by atoms with E-state index in [-0.39, 0.29) is 17.3 Å². The molecule has 27 heavy (non-hydrogen) atoms. The summed E-state index contributed by atoms with van der Waals surface area (Å²) >= 11 is 0. The fourth-order valence-electron chi connectivity index (χ4n) is 2.85. The van der Waals surface area contributed by atoms with Crippen LogP contribution in [0.15, 0.2) is 59.5 Å². The van der Waals surface area contributed by atoms with E-state index in [9.17, 15) is 18.0 Å². The van der Waals surface area contributed by atoms with Gasteiger partial charge in [0.2, 0.25) is 21.8 Å². The number of carbonyl (C=O) groups is 2. The van der Waals surface area contributed by atoms with E-state index < -0.39 is 15.9 Å². The fraction of sp³-hybridized carbons (Fsp3) is 0.263. The second-order valence-corrected chi connectivity index (χ2v) is 8.00. The van der Waals surface area contributed by atoms with Gasteiger partial charge in [-0.2, -0.15) is 0 Å². The number of para-hydroxylation sites is 1. The van der Waals surface area contributed by atoms with Gasteiger partial charge in [0.05, 0.1) is 11.4 Å². The van der Waals surface area contributed by atoms with Crippen molar-refractivity contribution in [1.82, 2.24) is 4.72 Å². The van der Waals surface area contributed by atoms with Gasteiger partial charge in [-0.15, -0.1) is 0 Å². The average molecular weight is 387 g/mol. The molecule has 0 saturated carbocycles. The Morgan fingerprint density at radius 2 is 1.70 bits per heavy atom. The Balaban J connectivity index is 1.61. The quantitative estimate of drug-likeness (QED) is 0.794. The zero-order chi connectivity index (χ0) is 19.3. The molecule has 0 aromatic heterocycles. The van der Waals surface area contributed by atoms with Crippen molar-refractivity contribution in [2.75, 3.05) is 23.3 Å². The third-order valence-electron chi connectivity index (χ3n) is 4.26. The van der Waals surface area contributed by atoms with Gasteiger partial charge >= 0.3 is 0 Å². The number of hydrogen-bond donors (Lipinski definition) is 2. The zero-order valence-electron chi connectivity index (χ0n) is 14.7. The first kappa shape index (κ1) is 19.1. The van der Waals surface area contributed by atoms with Gasteiger partial charge in [0, 0.05) is 24.3 Å². The van der Waals surface area contributed by atoms with Crippen LogP contribution in [0, 0.1) is 0 Å². The number of piperidine rings is 1. The van der Waals surface area contributed by atoms with E-state index in [0.29, 0.717) is 24.3 Å². The van der Waals surface area contributed by atoms with E-state index in [1.54, 1.807) is 41.3 Å². The van der Waals surface area contributed by atoms with Gasteiger partial charge in [0.25, 0.3) is 0 Å². The lowest BCUT2D eigenvalue weighted by atomic mass is 10.1. The Kier molecular flexibility index (Phi) is 5.88. The Bertz CT molecular complexity index is 912. The molecule has 2 amide bonds. The summed E-state index contributed by atoms with van der Waals surface area (Å²) < 4.78 is 27.0. The summed E-state index contributed by atoms with van der Waals surface area (Å²) in [5.41, 5.74) is 1.28. The molecule has 8 heteroatoms. The lowest BCUT2D eigenvalue weighted by Crippen LogP contribution is -2.35. The average Bonchev–Trinajstić information content (AvgIpc) is 2.68. The van der Waals surface area contributed by atoms with Gasteiger partial charge in [0.15, 0.2) is 0 Å². The fourth-order valence-corrected chi connectivity index (χ4v) is 3.84. The van der Waals surface area contributed by atoms with Crippen molar-refractivity contribution in [1.29, 1.82) is 0 Å². The highest BCUT2D eigenvalue weighted by atomic mass is 32.2. The number of sulfonamides is 1. The molecule has 0 aliphatic carbocycles. The van der Waals surface area contributed by atoms with Gasteiger partial charge in [-0.05, 0) is 49.2 Å². The van der Waals surface area contributed by atoms with Gasteiger partial charge < -0.3 is 10.2 Å². The van der Waals surface area contributed by atoms with Crippen molar-refractivity contribution in [2.24, 2.45) is 0 Å². The number of benzene rings is 2. The van der Waals surface area contributed by atoms with Crippen LogP contribution in [0.3, 0.4) is 0 Å². The second kappa shape index (κ2) is 8.32. The topological polar surface area (TPSA) is 95.6 Å². The number of nitrogens with one attached hydrogen (secondary N) is 2. The van der Waals surface area contributed by atoms with E-state index in [1.807, 2.05) is 6.07 Å². The van der Waals surface area contributed by atoms with Crippen LogP contribution in [0.5, 0.6) is 0 Å². The first-order valence-electron chi connectivity index (χ1n) is 8.71. The molecule has 2 aromatic carbocycles. The van der Waals surface area contributed by atoms with Crippen molar-refractivity contribution in [3.63, 3.8) is 0 Å². The first-order valence-corrected chi connectivity index (χ1v) is 10.2. The number of carbonyl (C=O) groups excluding carboxylic acids is 2. The van der Waals surface area contributed by atoms with Crippen LogP contribution in [0.2, 0.25) is 0 Å². The maximum atomic E-state index is 12.4. The molecule has 0 radical (unpaired) electrons. The van der Waals surface area contributed by atoms with Gasteiger partial charge in [-0.1, -0.05) is 18.2 Å². The SMILES string of the molecule is O=C(CNS(=O)(=O)c1ccc(N2CCCCC2=O)cc1)Nc1ccccc1. The third-order valence-corrected chi connectivity index (χ3v) is 5.68. The van der Waals surface area contributed by atoms with E-state index >= 15 is 0 Å². The summed E-state index contributed by atoms with van der Waals surface area (Å²) in [6.45, 7) is 0.270. The highest BCUT2D eigenvalue weighted by Crippen LogP contribution is 2.22. The summed E-state index contributed by atoms with van der Waals surface area (Å²) in [6.07, 6.45) is 2.33. The molecule has 1 fully saturated rings. The molecule has 142 valence electrons. The largest absolute Gasteiger partial charge is 0.325 e. The van der Waals surface area contributed by atoms with Crippen LogP contribution in [-0.2, 0) is 19.6 Å². The van der Waals surface area contributed by atoms with Crippen molar-refractivity contribution < 1.29 is 18.0 Å². The minimum absolute atomic E-state index is 0.0446. The Labute approximate surface area is 158 Å². The third kappa shape index (κ3) is 4.93. The van der Waals surface area contributed by atoms with E-state index in [0.717, 1.165) is 12.8 Å². The van der Waals surface area contributed by atoms with Crippen LogP contribution in [0.1, 0.15) is 19.3 Å². The Hall–Kier alpha value is -2.71. The number of anilines is 2. The molecule has 3 rings (SSSR count). The van der Waals surface area contributed by atoms with Crippen LogP contribution in [0.25, 0.3) is 0 Å². The van der Waals surface area contributed by atoms with Crippen LogP contribution < -0.4 is 14.9 Å². The maximum absolute atomic E-state index is 12.4. The lowest BCUT2D eigenvalue weighted by Gasteiger charge is -2.26. The number of nitrogens with zero attached hydrogens (tertiary/aromatic N) is 1. The van der Waals surface area contributed by atoms with Gasteiger partial charge in [-0.3, -0.25) is 9.59 Å². The number of hydrogen-bond acceptors (Lipinski definition) is 4. The van der Waals surface area contributed by atoms with Crippen LogP contribution in [0.4, 0.5) is 11.4 Å². The normalized spacial score (nSPS) is 14.8. The molecule has 0 atom stereocenters. The van der Waals surface area contributed by atoms with Crippen molar-refractivity contribution >= 4 is 33.2 Å². The molecule has 2 N–H and O–H groups in total. The minimum atomic E-state index is -3.82. The molecule has 1 saturated heterocycles. The number of rotatable bonds is 6. The van der Waals surface area contributed by atoms with Crippen molar-refractivity contribution in [2.45, 2.75) is 24.2 Å². The standard InChI is InChI=1S/C19H21N3O4S/c23-18(21-15-6-2-1-3-7-15)14-20-27(25,26)17-11-9-16(10-12-17)22-13-5-4-8-19(22)24/h1-3,6-7,9-12,20H,4-5,8,13-14H2,(H,21,23). The molecule has 2 aromatic rings. The second-order valence-electron chi connectivity index (χ2n) is 6.24. The molecular formula is C19H21N3O4S. The molecule has 1 aliphatic heterocycles. The Morgan fingerprint density at radius 1 is 1.00 bits per heavy atom. The first-order chi connectivity index (χ1) is 13.0. The summed E-state index contributed by atoms with van der Waals surface area (Å²) in [6, 6.07) is 14.9. The van der Waals surface area contributed by atoms with E-state index in [1.165, 1.54) is 12.1 Å². The Morgan fingerprint density at radius 3 is 2.37 bits per heavy atom. The molecule has 0 spiro atoms. The minimum Gasteiger partial charge on any atom is -0.325 e. The molecule has 0 unspecified atom stereocenters. The van der Waals surface area contributed by atoms with Gasteiger partial charge in [-0.25, -0.2) is 13.1 Å². The molecule has 1 aliphatic rings. The van der Waals surface area contributed by atoms with Crippen molar-refractivity contribution in [3.8, 4) is 0 Å². The summed E-state index contributed by atoms with van der Waals surface area (Å²) in [5, 5.41) is 2.61. The zero-order valence-corrected chi connectivity index (χ0v) is 15.5. The molecule has 1 heterocycles. The van der Waals surface area contributed by atoms with Crippen LogP contribution >= 0.6 is 0 Å².